The summed E-state index contributed by atoms with van der Waals surface area (Å²) in [6.45, 7) is 3.46. The third-order valence-corrected chi connectivity index (χ3v) is 3.37. The summed E-state index contributed by atoms with van der Waals surface area (Å²) < 4.78 is 9.70. The van der Waals surface area contributed by atoms with Crippen molar-refractivity contribution in [1.82, 2.24) is 5.32 Å². The van der Waals surface area contributed by atoms with E-state index in [0.29, 0.717) is 0 Å². The molecule has 1 aliphatic rings. The average Bonchev–Trinajstić information content (AvgIpc) is 2.53. The highest BCUT2D eigenvalue weighted by Crippen LogP contribution is 2.42. The van der Waals surface area contributed by atoms with Crippen molar-refractivity contribution < 1.29 is 34.1 Å². The highest BCUT2D eigenvalue weighted by Gasteiger charge is 2.67. The van der Waals surface area contributed by atoms with Crippen LogP contribution in [-0.4, -0.2) is 59.3 Å². The van der Waals surface area contributed by atoms with E-state index in [2.05, 4.69) is 5.32 Å². The molecule has 0 heterocycles. The van der Waals surface area contributed by atoms with Crippen molar-refractivity contribution in [2.75, 3.05) is 20.3 Å². The average molecular weight is 301 g/mol. The Bertz CT molecular complexity index is 509. The van der Waals surface area contributed by atoms with E-state index in [1.165, 1.54) is 21.0 Å². The number of Topliss-reactive ketones (excluding diaryl/α,β-unsaturated/α-hetero) is 1. The zero-order valence-corrected chi connectivity index (χ0v) is 12.3. The predicted octanol–water partition coefficient (Wildman–Crippen LogP) is -1.35. The highest BCUT2D eigenvalue weighted by atomic mass is 16.6. The van der Waals surface area contributed by atoms with Crippen LogP contribution in [0.15, 0.2) is 11.3 Å². The number of esters is 1. The van der Waals surface area contributed by atoms with Crippen molar-refractivity contribution in [3.63, 3.8) is 0 Å². The van der Waals surface area contributed by atoms with E-state index in [9.17, 15) is 24.6 Å². The van der Waals surface area contributed by atoms with Gasteiger partial charge in [0.25, 0.3) is 5.60 Å². The molecule has 3 N–H and O–H groups in total. The van der Waals surface area contributed by atoms with Gasteiger partial charge in [-0.25, -0.2) is 4.79 Å². The molecule has 0 saturated heterocycles. The first-order valence-electron chi connectivity index (χ1n) is 6.27. The van der Waals surface area contributed by atoms with Crippen LogP contribution in [0.1, 0.15) is 20.8 Å². The second-order valence-electron chi connectivity index (χ2n) is 4.89. The van der Waals surface area contributed by atoms with Crippen molar-refractivity contribution in [1.29, 1.82) is 0 Å². The quantitative estimate of drug-likeness (QED) is 0.424. The molecule has 1 aliphatic carbocycles. The van der Waals surface area contributed by atoms with Crippen molar-refractivity contribution in [2.45, 2.75) is 32.0 Å². The molecular formula is C13H19NO7. The minimum absolute atomic E-state index is 0.0399. The van der Waals surface area contributed by atoms with Crippen LogP contribution in [0.4, 0.5) is 0 Å². The summed E-state index contributed by atoms with van der Waals surface area (Å²) in [4.78, 5) is 34.7. The van der Waals surface area contributed by atoms with Crippen molar-refractivity contribution in [2.24, 2.45) is 0 Å². The lowest BCUT2D eigenvalue weighted by atomic mass is 9.85. The van der Waals surface area contributed by atoms with Gasteiger partial charge in [-0.3, -0.25) is 9.59 Å². The maximum absolute atomic E-state index is 12.1. The van der Waals surface area contributed by atoms with E-state index in [1.54, 1.807) is 0 Å². The van der Waals surface area contributed by atoms with Crippen LogP contribution in [0, 0.1) is 0 Å². The number of ketones is 1. The van der Waals surface area contributed by atoms with Gasteiger partial charge in [0.1, 0.15) is 12.4 Å². The molecule has 118 valence electrons. The molecule has 21 heavy (non-hydrogen) atoms. The molecule has 1 rings (SSSR count). The van der Waals surface area contributed by atoms with Crippen LogP contribution in [0.5, 0.6) is 0 Å². The maximum atomic E-state index is 12.1. The topological polar surface area (TPSA) is 122 Å². The van der Waals surface area contributed by atoms with Gasteiger partial charge in [0.05, 0.1) is 13.7 Å². The molecular weight excluding hydrogens is 282 g/mol. The fourth-order valence-corrected chi connectivity index (χ4v) is 2.19. The van der Waals surface area contributed by atoms with Gasteiger partial charge in [0.2, 0.25) is 5.91 Å². The summed E-state index contributed by atoms with van der Waals surface area (Å²) >= 11 is 0. The summed E-state index contributed by atoms with van der Waals surface area (Å²) in [5.74, 6) is -2.69. The second kappa shape index (κ2) is 5.82. The van der Waals surface area contributed by atoms with Crippen LogP contribution in [-0.2, 0) is 23.9 Å². The number of rotatable bonds is 5. The summed E-state index contributed by atoms with van der Waals surface area (Å²) in [7, 11) is 1.17. The molecule has 0 aromatic rings. The Kier molecular flexibility index (Phi) is 4.75. The van der Waals surface area contributed by atoms with Crippen molar-refractivity contribution >= 4 is 17.7 Å². The second-order valence-corrected chi connectivity index (χ2v) is 4.89. The summed E-state index contributed by atoms with van der Waals surface area (Å²) in [6, 6.07) is 0. The fourth-order valence-electron chi connectivity index (χ4n) is 2.19. The SMILES string of the molecule is COC1=C(C)C(=O)[C@@](C)(O)[C@]1(O)C(=O)OCCNC(C)=O. The summed E-state index contributed by atoms with van der Waals surface area (Å²) in [5, 5.41) is 23.1. The first-order valence-corrected chi connectivity index (χ1v) is 6.27. The lowest BCUT2D eigenvalue weighted by Crippen LogP contribution is -2.60. The Morgan fingerprint density at radius 3 is 2.38 bits per heavy atom. The van der Waals surface area contributed by atoms with Gasteiger partial charge >= 0.3 is 5.97 Å². The maximum Gasteiger partial charge on any atom is 0.349 e. The molecule has 8 nitrogen and oxygen atoms in total. The molecule has 0 aromatic heterocycles. The zero-order valence-electron chi connectivity index (χ0n) is 12.3. The molecule has 0 radical (unpaired) electrons. The number of hydrogen-bond donors (Lipinski definition) is 3. The lowest BCUT2D eigenvalue weighted by molar-refractivity contribution is -0.190. The Balaban J connectivity index is 2.94. The molecule has 0 unspecified atom stereocenters. The molecule has 2 atom stereocenters. The molecule has 0 aliphatic heterocycles. The van der Waals surface area contributed by atoms with Crippen LogP contribution in [0.2, 0.25) is 0 Å². The Morgan fingerprint density at radius 1 is 1.33 bits per heavy atom. The molecule has 0 saturated carbocycles. The van der Waals surface area contributed by atoms with Gasteiger partial charge in [0, 0.05) is 12.5 Å². The molecule has 0 fully saturated rings. The van der Waals surface area contributed by atoms with E-state index < -0.39 is 23.0 Å². The van der Waals surface area contributed by atoms with Crippen LogP contribution in [0.3, 0.4) is 0 Å². The normalized spacial score (nSPS) is 28.6. The van der Waals surface area contributed by atoms with Gasteiger partial charge in [-0.05, 0) is 13.8 Å². The Hall–Kier alpha value is -1.93. The number of amides is 1. The third kappa shape index (κ3) is 2.64. The van der Waals surface area contributed by atoms with Gasteiger partial charge in [-0.1, -0.05) is 0 Å². The third-order valence-electron chi connectivity index (χ3n) is 3.37. The van der Waals surface area contributed by atoms with Gasteiger partial charge in [-0.15, -0.1) is 0 Å². The number of carbonyl (C=O) groups is 3. The highest BCUT2D eigenvalue weighted by molar-refractivity contribution is 6.12. The first-order chi connectivity index (χ1) is 9.60. The first kappa shape index (κ1) is 17.1. The van der Waals surface area contributed by atoms with Gasteiger partial charge in [-0.2, -0.15) is 0 Å². The van der Waals surface area contributed by atoms with E-state index >= 15 is 0 Å². The largest absolute Gasteiger partial charge is 0.497 e. The number of nitrogens with one attached hydrogen (secondary N) is 1. The Morgan fingerprint density at radius 2 is 1.90 bits per heavy atom. The molecule has 0 spiro atoms. The number of aliphatic hydroxyl groups is 2. The van der Waals surface area contributed by atoms with E-state index in [4.69, 9.17) is 9.47 Å². The summed E-state index contributed by atoms with van der Waals surface area (Å²) in [6.07, 6.45) is 0. The fraction of sp³-hybridized carbons (Fsp3) is 0.615. The number of hydrogen-bond acceptors (Lipinski definition) is 7. The number of ether oxygens (including phenoxy) is 2. The minimum atomic E-state index is -2.61. The number of methoxy groups -OCH3 is 1. The van der Waals surface area contributed by atoms with Crippen LogP contribution >= 0.6 is 0 Å². The lowest BCUT2D eigenvalue weighted by Gasteiger charge is -2.32. The molecule has 1 amide bonds. The zero-order chi connectivity index (χ0) is 16.4. The minimum Gasteiger partial charge on any atom is -0.497 e. The van der Waals surface area contributed by atoms with E-state index in [0.717, 1.165) is 6.92 Å². The van der Waals surface area contributed by atoms with E-state index in [-0.39, 0.29) is 30.4 Å². The summed E-state index contributed by atoms with van der Waals surface area (Å²) in [5.41, 5.74) is -5.05. The van der Waals surface area contributed by atoms with Crippen LogP contribution < -0.4 is 5.32 Å². The van der Waals surface area contributed by atoms with E-state index in [1.807, 2.05) is 0 Å². The standard InChI is InChI=1S/C13H19NO7/c1-7-9(16)12(3,18)13(19,10(7)20-4)11(17)21-6-5-14-8(2)15/h18-19H,5-6H2,1-4H3,(H,14,15)/t12-,13-/m1/s1. The predicted molar refractivity (Wildman–Crippen MR) is 69.9 cm³/mol. The Labute approximate surface area is 121 Å². The van der Waals surface area contributed by atoms with Crippen LogP contribution in [0.25, 0.3) is 0 Å². The monoisotopic (exact) mass is 301 g/mol. The smallest absolute Gasteiger partial charge is 0.349 e. The number of carbonyl (C=O) groups excluding carboxylic acids is 3. The van der Waals surface area contributed by atoms with Crippen molar-refractivity contribution in [3.05, 3.63) is 11.3 Å². The molecule has 8 heteroatoms. The molecule has 0 bridgehead atoms. The molecule has 0 aromatic carbocycles. The van der Waals surface area contributed by atoms with Gasteiger partial charge in [0.15, 0.2) is 11.4 Å². The van der Waals surface area contributed by atoms with Gasteiger partial charge < -0.3 is 25.0 Å². The van der Waals surface area contributed by atoms with Crippen molar-refractivity contribution in [3.8, 4) is 0 Å².